The maximum Gasteiger partial charge on any atom is 0.255 e. The molecule has 2 atom stereocenters. The van der Waals surface area contributed by atoms with Crippen LogP contribution in [0.3, 0.4) is 0 Å². The van der Waals surface area contributed by atoms with Gasteiger partial charge < -0.3 is 4.90 Å². The first-order valence-corrected chi connectivity index (χ1v) is 13.4. The number of rotatable bonds is 9. The van der Waals surface area contributed by atoms with Gasteiger partial charge in [0.1, 0.15) is 23.8 Å². The summed E-state index contributed by atoms with van der Waals surface area (Å²) in [4.78, 5) is 23.5. The highest BCUT2D eigenvalue weighted by molar-refractivity contribution is 5.94. The van der Waals surface area contributed by atoms with Gasteiger partial charge >= 0.3 is 0 Å². The third-order valence-corrected chi connectivity index (χ3v) is 7.07. The number of aromatic nitrogens is 3. The zero-order valence-corrected chi connectivity index (χ0v) is 22.6. The first-order chi connectivity index (χ1) is 18.9. The molecular weight excluding hydrogens is 498 g/mol. The number of pyridine rings is 1. The maximum atomic E-state index is 14.6. The molecule has 0 saturated carbocycles. The molecule has 2 heterocycles. The summed E-state index contributed by atoms with van der Waals surface area (Å²) in [7, 11) is 0. The van der Waals surface area contributed by atoms with Gasteiger partial charge in [-0.1, -0.05) is 30.7 Å². The number of hydrogen-bond donors (Lipinski definition) is 0. The maximum absolute atomic E-state index is 14.6. The van der Waals surface area contributed by atoms with Crippen LogP contribution in [0.15, 0.2) is 83.2 Å². The van der Waals surface area contributed by atoms with Crippen LogP contribution in [0.25, 0.3) is 11.5 Å². The Kier molecular flexibility index (Phi) is 9.46. The minimum Gasteiger partial charge on any atom is -0.335 e. The van der Waals surface area contributed by atoms with Gasteiger partial charge in [0.2, 0.25) is 0 Å². The van der Waals surface area contributed by atoms with Crippen LogP contribution in [0.4, 0.5) is 8.78 Å². The lowest BCUT2D eigenvalue weighted by atomic mass is 9.88. The van der Waals surface area contributed by atoms with Crippen LogP contribution >= 0.6 is 0 Å². The Morgan fingerprint density at radius 2 is 2.00 bits per heavy atom. The van der Waals surface area contributed by atoms with E-state index < -0.39 is 11.6 Å². The van der Waals surface area contributed by atoms with E-state index in [1.807, 2.05) is 24.8 Å². The number of carbonyl (C=O) groups is 1. The number of carbonyl (C=O) groups excluding carboxylic acids is 1. The molecule has 39 heavy (non-hydrogen) atoms. The fourth-order valence-electron chi connectivity index (χ4n) is 4.71. The summed E-state index contributed by atoms with van der Waals surface area (Å²) in [6.45, 7) is 7.43. The van der Waals surface area contributed by atoms with Crippen LogP contribution in [0.5, 0.6) is 0 Å². The number of amides is 1. The molecule has 3 aromatic rings. The predicted molar refractivity (Wildman–Crippen MR) is 147 cm³/mol. The lowest BCUT2D eigenvalue weighted by molar-refractivity contribution is 0.0776. The minimum absolute atomic E-state index is 0.0259. The number of hydrogen-bond acceptors (Lipinski definition) is 5. The second-order valence-corrected chi connectivity index (χ2v) is 9.68. The van der Waals surface area contributed by atoms with Crippen molar-refractivity contribution in [2.24, 2.45) is 22.1 Å². The highest BCUT2D eigenvalue weighted by atomic mass is 19.1. The van der Waals surface area contributed by atoms with Crippen molar-refractivity contribution in [1.29, 1.82) is 0 Å². The van der Waals surface area contributed by atoms with Crippen LogP contribution in [0.2, 0.25) is 0 Å². The molecule has 0 fully saturated rings. The first kappa shape index (κ1) is 28.0. The van der Waals surface area contributed by atoms with Gasteiger partial charge in [0.15, 0.2) is 0 Å². The number of halogens is 2. The Morgan fingerprint density at radius 3 is 2.64 bits per heavy atom. The summed E-state index contributed by atoms with van der Waals surface area (Å²) >= 11 is 0. The van der Waals surface area contributed by atoms with Crippen molar-refractivity contribution in [1.82, 2.24) is 19.4 Å². The molecular formula is C30H34F2N6O. The number of imidazole rings is 1. The van der Waals surface area contributed by atoms with E-state index in [2.05, 4.69) is 33.2 Å². The molecule has 0 N–H and O–H groups in total. The van der Waals surface area contributed by atoms with Crippen molar-refractivity contribution >= 4 is 11.6 Å². The first-order valence-electron chi connectivity index (χ1n) is 13.4. The highest BCUT2D eigenvalue weighted by Gasteiger charge is 2.23. The van der Waals surface area contributed by atoms with Crippen molar-refractivity contribution in [3.63, 3.8) is 0 Å². The largest absolute Gasteiger partial charge is 0.335 e. The van der Waals surface area contributed by atoms with E-state index in [0.717, 1.165) is 12.8 Å². The number of azo groups is 1. The smallest absolute Gasteiger partial charge is 0.255 e. The predicted octanol–water partition coefficient (Wildman–Crippen LogP) is 6.88. The molecule has 1 aliphatic rings. The summed E-state index contributed by atoms with van der Waals surface area (Å²) < 4.78 is 30.9. The molecule has 9 heteroatoms. The molecule has 0 aliphatic heterocycles. The molecule has 0 bridgehead atoms. The van der Waals surface area contributed by atoms with E-state index >= 15 is 0 Å². The summed E-state index contributed by atoms with van der Waals surface area (Å²) in [6.07, 6.45) is 13.2. The molecule has 4 rings (SSSR count). The Bertz CT molecular complexity index is 1330. The molecule has 0 spiro atoms. The van der Waals surface area contributed by atoms with Crippen LogP contribution < -0.4 is 0 Å². The van der Waals surface area contributed by atoms with Gasteiger partial charge in [-0.25, -0.2) is 18.7 Å². The Hall–Kier alpha value is -4.01. The van der Waals surface area contributed by atoms with E-state index in [1.54, 1.807) is 41.6 Å². The average molecular weight is 533 g/mol. The lowest BCUT2D eigenvalue weighted by Crippen LogP contribution is -2.32. The molecule has 7 nitrogen and oxygen atoms in total. The molecule has 0 radical (unpaired) electrons. The monoisotopic (exact) mass is 532 g/mol. The van der Waals surface area contributed by atoms with E-state index in [1.165, 1.54) is 23.8 Å². The highest BCUT2D eigenvalue weighted by Crippen LogP contribution is 2.33. The van der Waals surface area contributed by atoms with Gasteiger partial charge in [-0.05, 0) is 69.2 Å². The van der Waals surface area contributed by atoms with Gasteiger partial charge in [0.25, 0.3) is 5.91 Å². The van der Waals surface area contributed by atoms with Crippen molar-refractivity contribution in [3.05, 3.63) is 95.7 Å². The lowest BCUT2D eigenvalue weighted by Gasteiger charge is -2.22. The minimum atomic E-state index is -0.654. The van der Waals surface area contributed by atoms with Gasteiger partial charge in [-0.2, -0.15) is 10.2 Å². The van der Waals surface area contributed by atoms with Crippen LogP contribution in [0.1, 0.15) is 56.0 Å². The van der Waals surface area contributed by atoms with Crippen molar-refractivity contribution in [2.75, 3.05) is 19.6 Å². The topological polar surface area (TPSA) is 75.7 Å². The van der Waals surface area contributed by atoms with E-state index in [0.29, 0.717) is 37.4 Å². The Labute approximate surface area is 228 Å². The molecule has 1 aliphatic carbocycles. The third kappa shape index (κ3) is 6.90. The molecule has 1 amide bonds. The molecule has 2 aromatic heterocycles. The number of benzene rings is 1. The fraction of sp³-hybridized carbons (Fsp3) is 0.367. The van der Waals surface area contributed by atoms with Crippen LogP contribution in [0, 0.1) is 23.5 Å². The Morgan fingerprint density at radius 1 is 1.21 bits per heavy atom. The van der Waals surface area contributed by atoms with Gasteiger partial charge in [-0.15, -0.1) is 0 Å². The zero-order chi connectivity index (χ0) is 27.8. The number of likely N-dealkylation sites (N-methyl/N-ethyl adjacent to an activating group) is 1. The summed E-state index contributed by atoms with van der Waals surface area (Å²) in [6, 6.07) is 7.40. The summed E-state index contributed by atoms with van der Waals surface area (Å²) in [5.41, 5.74) is 1.77. The third-order valence-electron chi connectivity index (χ3n) is 7.07. The van der Waals surface area contributed by atoms with E-state index in [-0.39, 0.29) is 29.0 Å². The van der Waals surface area contributed by atoms with E-state index in [4.69, 9.17) is 0 Å². The molecule has 1 unspecified atom stereocenters. The summed E-state index contributed by atoms with van der Waals surface area (Å²) in [5.74, 6) is -0.407. The number of nitrogens with zero attached hydrogens (tertiary/aromatic N) is 6. The Balaban J connectivity index is 1.50. The average Bonchev–Trinajstić information content (AvgIpc) is 3.43. The molecule has 0 saturated heterocycles. The second kappa shape index (κ2) is 13.2. The number of allylic oxidation sites excluding steroid dienone is 2. The van der Waals surface area contributed by atoms with Crippen molar-refractivity contribution in [3.8, 4) is 5.82 Å². The van der Waals surface area contributed by atoms with E-state index in [9.17, 15) is 13.6 Å². The molecule has 204 valence electrons. The fourth-order valence-corrected chi connectivity index (χ4v) is 4.71. The summed E-state index contributed by atoms with van der Waals surface area (Å²) in [5, 5.41) is 8.21. The SMILES string of the molecule is CCN=N/C(=C\[C@@H]1CC=C(CN(CC)C(=O)c2ccc(-n3ccnc3)nc2)CCC1C)c1c(F)cccc1F. The van der Waals surface area contributed by atoms with Gasteiger partial charge in [0.05, 0.1) is 23.4 Å². The molecule has 1 aromatic carbocycles. The van der Waals surface area contributed by atoms with Gasteiger partial charge in [-0.3, -0.25) is 9.36 Å². The normalized spacial score (nSPS) is 18.2. The van der Waals surface area contributed by atoms with Crippen LogP contribution in [-0.4, -0.2) is 45.0 Å². The van der Waals surface area contributed by atoms with Crippen molar-refractivity contribution in [2.45, 2.75) is 40.0 Å². The van der Waals surface area contributed by atoms with Gasteiger partial charge in [0, 0.05) is 31.7 Å². The standard InChI is InChI=1S/C30H34F2N6O/c1-4-35-36-27(29-25(31)7-6-8-26(29)32)17-23-12-11-22(10-9-21(23)3)19-37(5-2)30(39)24-13-14-28(34-18-24)38-16-15-33-20-38/h6-8,11,13-18,20-21,23H,4-5,9-10,12,19H2,1-3H3/b27-17-,36-35?/t21?,23-/m0/s1. The quantitative estimate of drug-likeness (QED) is 0.223. The second-order valence-electron chi connectivity index (χ2n) is 9.68. The zero-order valence-electron chi connectivity index (χ0n) is 22.6. The van der Waals surface area contributed by atoms with Crippen LogP contribution in [-0.2, 0) is 0 Å². The van der Waals surface area contributed by atoms with Crippen molar-refractivity contribution < 1.29 is 13.6 Å².